The van der Waals surface area contributed by atoms with Crippen LogP contribution in [0.15, 0.2) is 6.07 Å². The standard InChI is InChI=1S/C8H4ClF6NO/c9-2-5-4(10)1-3(6(11)12)7(16-5)17-8(13,14)15/h1,6H,2H2. The molecule has 1 aromatic rings. The van der Waals surface area contributed by atoms with E-state index in [-0.39, 0.29) is 6.07 Å². The number of hydrogen-bond acceptors (Lipinski definition) is 2. The molecule has 1 heterocycles. The lowest BCUT2D eigenvalue weighted by Gasteiger charge is -2.13. The monoisotopic (exact) mass is 279 g/mol. The number of pyridine rings is 1. The third kappa shape index (κ3) is 3.65. The molecular formula is C8H4ClF6NO. The number of aromatic nitrogens is 1. The van der Waals surface area contributed by atoms with Gasteiger partial charge in [0.1, 0.15) is 5.82 Å². The Bertz CT molecular complexity index is 408. The lowest BCUT2D eigenvalue weighted by Crippen LogP contribution is -2.20. The minimum absolute atomic E-state index is 0.219. The van der Waals surface area contributed by atoms with Crippen LogP contribution in [-0.4, -0.2) is 11.3 Å². The first-order valence-corrected chi connectivity index (χ1v) is 4.57. The van der Waals surface area contributed by atoms with Crippen LogP contribution in [0.2, 0.25) is 0 Å². The number of alkyl halides is 6. The normalized spacial score (nSPS) is 12.0. The van der Waals surface area contributed by atoms with Crippen molar-refractivity contribution >= 4 is 11.6 Å². The van der Waals surface area contributed by atoms with Crippen LogP contribution in [0.1, 0.15) is 17.7 Å². The number of hydrogen-bond donors (Lipinski definition) is 0. The summed E-state index contributed by atoms with van der Waals surface area (Å²) in [7, 11) is 0. The van der Waals surface area contributed by atoms with Gasteiger partial charge in [-0.1, -0.05) is 0 Å². The van der Waals surface area contributed by atoms with Crippen molar-refractivity contribution in [1.82, 2.24) is 4.98 Å². The number of halogens is 7. The van der Waals surface area contributed by atoms with Gasteiger partial charge >= 0.3 is 6.36 Å². The first-order valence-electron chi connectivity index (χ1n) is 4.03. The van der Waals surface area contributed by atoms with Crippen molar-refractivity contribution < 1.29 is 31.1 Å². The van der Waals surface area contributed by atoms with E-state index in [0.29, 0.717) is 0 Å². The molecule has 0 aliphatic rings. The summed E-state index contributed by atoms with van der Waals surface area (Å²) in [6, 6.07) is 0.219. The van der Waals surface area contributed by atoms with Crippen LogP contribution in [0.5, 0.6) is 5.88 Å². The zero-order valence-corrected chi connectivity index (χ0v) is 8.62. The largest absolute Gasteiger partial charge is 0.574 e. The Morgan fingerprint density at radius 2 is 1.94 bits per heavy atom. The van der Waals surface area contributed by atoms with Crippen LogP contribution in [0.25, 0.3) is 0 Å². The van der Waals surface area contributed by atoms with Gasteiger partial charge in [0.15, 0.2) is 0 Å². The first-order chi connectivity index (χ1) is 7.74. The second-order valence-electron chi connectivity index (χ2n) is 2.79. The highest BCUT2D eigenvalue weighted by Gasteiger charge is 2.34. The van der Waals surface area contributed by atoms with Crippen LogP contribution in [0.4, 0.5) is 26.3 Å². The lowest BCUT2D eigenvalue weighted by molar-refractivity contribution is -0.276. The van der Waals surface area contributed by atoms with Crippen LogP contribution >= 0.6 is 11.6 Å². The van der Waals surface area contributed by atoms with E-state index in [1.807, 2.05) is 0 Å². The highest BCUT2D eigenvalue weighted by atomic mass is 35.5. The SMILES string of the molecule is Fc1cc(C(F)F)c(OC(F)(F)F)nc1CCl. The van der Waals surface area contributed by atoms with E-state index in [0.717, 1.165) is 0 Å². The van der Waals surface area contributed by atoms with Crippen molar-refractivity contribution in [2.45, 2.75) is 18.7 Å². The van der Waals surface area contributed by atoms with Gasteiger partial charge in [-0.3, -0.25) is 0 Å². The molecule has 0 radical (unpaired) electrons. The van der Waals surface area contributed by atoms with Gasteiger partial charge < -0.3 is 4.74 Å². The zero-order valence-electron chi connectivity index (χ0n) is 7.86. The molecule has 0 amide bonds. The summed E-state index contributed by atoms with van der Waals surface area (Å²) in [6.07, 6.45) is -8.54. The predicted octanol–water partition coefficient (Wildman–Crippen LogP) is 3.80. The Balaban J connectivity index is 3.24. The molecule has 2 nitrogen and oxygen atoms in total. The van der Waals surface area contributed by atoms with Gasteiger partial charge in [0.2, 0.25) is 5.88 Å². The van der Waals surface area contributed by atoms with Crippen LogP contribution < -0.4 is 4.74 Å². The highest BCUT2D eigenvalue weighted by Crippen LogP contribution is 2.32. The van der Waals surface area contributed by atoms with Gasteiger partial charge in [-0.25, -0.2) is 18.2 Å². The third-order valence-corrected chi connectivity index (χ3v) is 1.87. The van der Waals surface area contributed by atoms with E-state index in [1.165, 1.54) is 0 Å². The Labute approximate surface area is 96.2 Å². The number of nitrogens with zero attached hydrogens (tertiary/aromatic N) is 1. The molecular weight excluding hydrogens is 276 g/mol. The maximum Gasteiger partial charge on any atom is 0.574 e. The van der Waals surface area contributed by atoms with Gasteiger partial charge in [-0.15, -0.1) is 24.8 Å². The summed E-state index contributed by atoms with van der Waals surface area (Å²) >= 11 is 5.18. The molecule has 0 saturated heterocycles. The third-order valence-electron chi connectivity index (χ3n) is 1.62. The second-order valence-corrected chi connectivity index (χ2v) is 3.06. The molecule has 0 bridgehead atoms. The fraction of sp³-hybridized carbons (Fsp3) is 0.375. The zero-order chi connectivity index (χ0) is 13.2. The van der Waals surface area contributed by atoms with E-state index in [2.05, 4.69) is 9.72 Å². The molecule has 0 N–H and O–H groups in total. The van der Waals surface area contributed by atoms with Crippen molar-refractivity contribution in [2.75, 3.05) is 0 Å². The molecule has 0 unspecified atom stereocenters. The first kappa shape index (κ1) is 13.9. The quantitative estimate of drug-likeness (QED) is 0.620. The summed E-state index contributed by atoms with van der Waals surface area (Å²) < 4.78 is 76.6. The minimum Gasteiger partial charge on any atom is -0.387 e. The second kappa shape index (κ2) is 4.99. The molecule has 17 heavy (non-hydrogen) atoms. The van der Waals surface area contributed by atoms with Gasteiger partial charge in [0.05, 0.1) is 17.1 Å². The molecule has 0 aromatic carbocycles. The summed E-state index contributed by atoms with van der Waals surface area (Å²) in [5, 5.41) is 0. The molecule has 0 aliphatic carbocycles. The average Bonchev–Trinajstić information content (AvgIpc) is 2.17. The van der Waals surface area contributed by atoms with E-state index < -0.39 is 41.6 Å². The molecule has 1 aromatic heterocycles. The maximum absolute atomic E-state index is 13.0. The number of rotatable bonds is 3. The predicted molar refractivity (Wildman–Crippen MR) is 45.4 cm³/mol. The Morgan fingerprint density at radius 3 is 2.35 bits per heavy atom. The van der Waals surface area contributed by atoms with Crippen molar-refractivity contribution in [1.29, 1.82) is 0 Å². The van der Waals surface area contributed by atoms with Crippen LogP contribution in [0.3, 0.4) is 0 Å². The Hall–Kier alpha value is -1.18. The smallest absolute Gasteiger partial charge is 0.387 e. The Kier molecular flexibility index (Phi) is 4.07. The van der Waals surface area contributed by atoms with Gasteiger partial charge in [-0.2, -0.15) is 0 Å². The van der Waals surface area contributed by atoms with Crippen LogP contribution in [0, 0.1) is 5.82 Å². The molecule has 0 spiro atoms. The molecule has 1 rings (SSSR count). The molecule has 0 aliphatic heterocycles. The molecule has 0 saturated carbocycles. The van der Waals surface area contributed by atoms with Gasteiger partial charge in [0.25, 0.3) is 6.43 Å². The van der Waals surface area contributed by atoms with Crippen molar-refractivity contribution in [2.24, 2.45) is 0 Å². The summed E-state index contributed by atoms with van der Waals surface area (Å²) in [4.78, 5) is 2.97. The fourth-order valence-electron chi connectivity index (χ4n) is 0.964. The molecule has 0 atom stereocenters. The summed E-state index contributed by atoms with van der Waals surface area (Å²) in [6.45, 7) is 0. The fourth-order valence-corrected chi connectivity index (χ4v) is 1.15. The van der Waals surface area contributed by atoms with Gasteiger partial charge in [0, 0.05) is 0 Å². The maximum atomic E-state index is 13.0. The lowest BCUT2D eigenvalue weighted by atomic mass is 10.2. The van der Waals surface area contributed by atoms with Crippen LogP contribution in [-0.2, 0) is 5.88 Å². The molecule has 9 heteroatoms. The van der Waals surface area contributed by atoms with E-state index in [1.54, 1.807) is 0 Å². The summed E-state index contributed by atoms with van der Waals surface area (Å²) in [5.41, 5.74) is -1.89. The highest BCUT2D eigenvalue weighted by molar-refractivity contribution is 6.16. The summed E-state index contributed by atoms with van der Waals surface area (Å²) in [5.74, 6) is -3.18. The van der Waals surface area contributed by atoms with Crippen molar-refractivity contribution in [3.8, 4) is 5.88 Å². The topological polar surface area (TPSA) is 22.1 Å². The minimum atomic E-state index is -5.20. The van der Waals surface area contributed by atoms with E-state index in [9.17, 15) is 26.3 Å². The molecule has 0 fully saturated rings. The average molecular weight is 280 g/mol. The number of ether oxygens (including phenoxy) is 1. The molecule has 96 valence electrons. The van der Waals surface area contributed by atoms with E-state index in [4.69, 9.17) is 11.6 Å². The van der Waals surface area contributed by atoms with Crippen molar-refractivity contribution in [3.63, 3.8) is 0 Å². The van der Waals surface area contributed by atoms with E-state index >= 15 is 0 Å². The van der Waals surface area contributed by atoms with Gasteiger partial charge in [-0.05, 0) is 6.07 Å². The Morgan fingerprint density at radius 1 is 1.35 bits per heavy atom. The van der Waals surface area contributed by atoms with Crippen molar-refractivity contribution in [3.05, 3.63) is 23.1 Å².